The minimum absolute atomic E-state index is 0.523. The van der Waals surface area contributed by atoms with E-state index in [4.69, 9.17) is 10.5 Å². The molecule has 1 saturated carbocycles. The minimum atomic E-state index is 0.523. The first kappa shape index (κ1) is 13.7. The molecule has 0 radical (unpaired) electrons. The van der Waals surface area contributed by atoms with Gasteiger partial charge in [-0.25, -0.2) is 0 Å². The molecule has 1 fully saturated rings. The quantitative estimate of drug-likeness (QED) is 0.853. The maximum Gasteiger partial charge on any atom is 0.239 e. The number of aromatic nitrogens is 2. The van der Waals surface area contributed by atoms with Gasteiger partial charge in [-0.1, -0.05) is 0 Å². The molecule has 5 heteroatoms. The number of ether oxygens (including phenoxy) is 1. The number of nitrogens with two attached hydrogens (primary N) is 1. The average molecular weight is 284 g/mol. The lowest BCUT2D eigenvalue weighted by atomic mass is 10.1. The lowest BCUT2D eigenvalue weighted by molar-refractivity contribution is 0.290. The summed E-state index contributed by atoms with van der Waals surface area (Å²) in [6, 6.07) is 5.69. The highest BCUT2D eigenvalue weighted by atomic mass is 16.5. The summed E-state index contributed by atoms with van der Waals surface area (Å²) in [6.07, 6.45) is 6.16. The van der Waals surface area contributed by atoms with Crippen LogP contribution in [0.3, 0.4) is 0 Å². The first-order chi connectivity index (χ1) is 10.2. The molecule has 3 rings (SSSR count). The monoisotopic (exact) mass is 284 g/mol. The van der Waals surface area contributed by atoms with Gasteiger partial charge in [-0.05, 0) is 55.0 Å². The Balaban J connectivity index is 1.64. The summed E-state index contributed by atoms with van der Waals surface area (Å²) >= 11 is 0. The standard InChI is InChI=1S/C16H20N4O/c1-11-6-7-18-8-13(11)9-19-15-5-4-14(17)16(20-15)21-10-12-2-3-12/h4-8,12H,2-3,9-10,17H2,1H3,(H,19,20). The van der Waals surface area contributed by atoms with E-state index in [0.717, 1.165) is 11.4 Å². The van der Waals surface area contributed by atoms with Gasteiger partial charge in [-0.3, -0.25) is 4.98 Å². The SMILES string of the molecule is Cc1ccncc1CNc1ccc(N)c(OCC2CC2)n1. The van der Waals surface area contributed by atoms with Crippen molar-refractivity contribution < 1.29 is 4.74 Å². The molecule has 0 aromatic carbocycles. The Labute approximate surface area is 124 Å². The number of anilines is 2. The normalized spacial score (nSPS) is 14.0. The molecule has 3 N–H and O–H groups in total. The Kier molecular flexibility index (Phi) is 3.90. The zero-order valence-electron chi connectivity index (χ0n) is 12.2. The third kappa shape index (κ3) is 3.62. The maximum absolute atomic E-state index is 5.90. The summed E-state index contributed by atoms with van der Waals surface area (Å²) < 4.78 is 5.69. The van der Waals surface area contributed by atoms with Gasteiger partial charge in [0.15, 0.2) is 0 Å². The highest BCUT2D eigenvalue weighted by molar-refractivity contribution is 5.53. The molecule has 2 aromatic heterocycles. The summed E-state index contributed by atoms with van der Waals surface area (Å²) in [5.41, 5.74) is 8.84. The third-order valence-electron chi connectivity index (χ3n) is 3.65. The summed E-state index contributed by atoms with van der Waals surface area (Å²) in [5, 5.41) is 3.29. The van der Waals surface area contributed by atoms with E-state index in [1.165, 1.54) is 18.4 Å². The predicted molar refractivity (Wildman–Crippen MR) is 83.2 cm³/mol. The van der Waals surface area contributed by atoms with E-state index >= 15 is 0 Å². The summed E-state index contributed by atoms with van der Waals surface area (Å²) in [6.45, 7) is 3.46. The van der Waals surface area contributed by atoms with Crippen molar-refractivity contribution >= 4 is 11.5 Å². The largest absolute Gasteiger partial charge is 0.476 e. The highest BCUT2D eigenvalue weighted by Gasteiger charge is 2.22. The molecule has 1 aliphatic carbocycles. The molecule has 0 spiro atoms. The van der Waals surface area contributed by atoms with Crippen molar-refractivity contribution in [1.82, 2.24) is 9.97 Å². The van der Waals surface area contributed by atoms with Crippen LogP contribution in [0, 0.1) is 12.8 Å². The van der Waals surface area contributed by atoms with Crippen LogP contribution in [-0.2, 0) is 6.54 Å². The zero-order chi connectivity index (χ0) is 14.7. The Morgan fingerprint density at radius 1 is 1.33 bits per heavy atom. The topological polar surface area (TPSA) is 73.1 Å². The predicted octanol–water partition coefficient (Wildman–Crippen LogP) is 2.77. The average Bonchev–Trinajstić information content (AvgIpc) is 3.31. The van der Waals surface area contributed by atoms with E-state index in [1.807, 2.05) is 24.4 Å². The molecule has 1 aliphatic rings. The van der Waals surface area contributed by atoms with Gasteiger partial charge in [0.2, 0.25) is 5.88 Å². The van der Waals surface area contributed by atoms with Crippen LogP contribution in [0.25, 0.3) is 0 Å². The molecule has 0 aliphatic heterocycles. The minimum Gasteiger partial charge on any atom is -0.476 e. The number of hydrogen-bond donors (Lipinski definition) is 2. The first-order valence-corrected chi connectivity index (χ1v) is 7.25. The Bertz CT molecular complexity index is 625. The molecule has 21 heavy (non-hydrogen) atoms. The molecular weight excluding hydrogens is 264 g/mol. The van der Waals surface area contributed by atoms with E-state index in [-0.39, 0.29) is 0 Å². The Morgan fingerprint density at radius 3 is 2.95 bits per heavy atom. The lowest BCUT2D eigenvalue weighted by Crippen LogP contribution is -2.07. The van der Waals surface area contributed by atoms with Crippen molar-refractivity contribution in [3.8, 4) is 5.88 Å². The lowest BCUT2D eigenvalue weighted by Gasteiger charge is -2.11. The second-order valence-electron chi connectivity index (χ2n) is 5.50. The van der Waals surface area contributed by atoms with Gasteiger partial charge in [0.25, 0.3) is 0 Å². The fourth-order valence-corrected chi connectivity index (χ4v) is 2.01. The molecule has 0 saturated heterocycles. The molecule has 0 bridgehead atoms. The van der Waals surface area contributed by atoms with Crippen LogP contribution in [0.2, 0.25) is 0 Å². The van der Waals surface area contributed by atoms with Crippen LogP contribution in [0.4, 0.5) is 11.5 Å². The fourth-order valence-electron chi connectivity index (χ4n) is 2.01. The fraction of sp³-hybridized carbons (Fsp3) is 0.375. The third-order valence-corrected chi connectivity index (χ3v) is 3.65. The summed E-state index contributed by atoms with van der Waals surface area (Å²) in [5.74, 6) is 1.97. The van der Waals surface area contributed by atoms with Crippen molar-refractivity contribution in [2.45, 2.75) is 26.3 Å². The van der Waals surface area contributed by atoms with Crippen molar-refractivity contribution in [3.63, 3.8) is 0 Å². The summed E-state index contributed by atoms with van der Waals surface area (Å²) in [4.78, 5) is 8.58. The van der Waals surface area contributed by atoms with E-state index in [9.17, 15) is 0 Å². The Morgan fingerprint density at radius 2 is 2.19 bits per heavy atom. The van der Waals surface area contributed by atoms with Gasteiger partial charge in [0.05, 0.1) is 12.3 Å². The van der Waals surface area contributed by atoms with Crippen LogP contribution >= 0.6 is 0 Å². The molecule has 0 unspecified atom stereocenters. The molecule has 0 atom stereocenters. The molecule has 2 aromatic rings. The first-order valence-electron chi connectivity index (χ1n) is 7.25. The number of nitrogens with one attached hydrogen (secondary N) is 1. The number of nitrogens with zero attached hydrogens (tertiary/aromatic N) is 2. The van der Waals surface area contributed by atoms with Gasteiger partial charge < -0.3 is 15.8 Å². The Hall–Kier alpha value is -2.30. The van der Waals surface area contributed by atoms with E-state index in [0.29, 0.717) is 30.6 Å². The van der Waals surface area contributed by atoms with Gasteiger partial charge in [0.1, 0.15) is 5.82 Å². The number of hydrogen-bond acceptors (Lipinski definition) is 5. The molecule has 2 heterocycles. The molecular formula is C16H20N4O. The second-order valence-corrected chi connectivity index (χ2v) is 5.50. The number of nitrogen functional groups attached to an aromatic ring is 1. The highest BCUT2D eigenvalue weighted by Crippen LogP contribution is 2.30. The molecule has 0 amide bonds. The van der Waals surface area contributed by atoms with Crippen LogP contribution in [0.15, 0.2) is 30.6 Å². The van der Waals surface area contributed by atoms with Crippen LogP contribution in [0.5, 0.6) is 5.88 Å². The van der Waals surface area contributed by atoms with Gasteiger partial charge in [0, 0.05) is 18.9 Å². The van der Waals surface area contributed by atoms with E-state index in [2.05, 4.69) is 22.2 Å². The van der Waals surface area contributed by atoms with Crippen molar-refractivity contribution in [3.05, 3.63) is 41.7 Å². The maximum atomic E-state index is 5.90. The molecule has 5 nitrogen and oxygen atoms in total. The summed E-state index contributed by atoms with van der Waals surface area (Å²) in [7, 11) is 0. The molecule has 110 valence electrons. The van der Waals surface area contributed by atoms with Crippen LogP contribution < -0.4 is 15.8 Å². The number of aryl methyl sites for hydroxylation is 1. The van der Waals surface area contributed by atoms with Crippen molar-refractivity contribution in [2.75, 3.05) is 17.7 Å². The van der Waals surface area contributed by atoms with Crippen molar-refractivity contribution in [2.24, 2.45) is 5.92 Å². The van der Waals surface area contributed by atoms with Crippen LogP contribution in [-0.4, -0.2) is 16.6 Å². The number of pyridine rings is 2. The van der Waals surface area contributed by atoms with Crippen LogP contribution in [0.1, 0.15) is 24.0 Å². The van der Waals surface area contributed by atoms with E-state index in [1.54, 1.807) is 6.20 Å². The van der Waals surface area contributed by atoms with Crippen molar-refractivity contribution in [1.29, 1.82) is 0 Å². The van der Waals surface area contributed by atoms with Gasteiger partial charge >= 0.3 is 0 Å². The smallest absolute Gasteiger partial charge is 0.239 e. The van der Waals surface area contributed by atoms with Gasteiger partial charge in [-0.2, -0.15) is 4.98 Å². The van der Waals surface area contributed by atoms with E-state index < -0.39 is 0 Å². The van der Waals surface area contributed by atoms with Gasteiger partial charge in [-0.15, -0.1) is 0 Å². The zero-order valence-corrected chi connectivity index (χ0v) is 12.2. The number of rotatable bonds is 6. The second kappa shape index (κ2) is 5.99.